The molecule has 21 heavy (non-hydrogen) atoms. The Balaban J connectivity index is 2.40. The van der Waals surface area contributed by atoms with Gasteiger partial charge < -0.3 is 5.32 Å². The van der Waals surface area contributed by atoms with Crippen LogP contribution in [0.5, 0.6) is 0 Å². The van der Waals surface area contributed by atoms with Gasteiger partial charge in [0.2, 0.25) is 0 Å². The van der Waals surface area contributed by atoms with Crippen molar-refractivity contribution in [1.82, 2.24) is 10.3 Å². The summed E-state index contributed by atoms with van der Waals surface area (Å²) < 4.78 is 27.6. The third-order valence-corrected chi connectivity index (χ3v) is 4.40. The van der Waals surface area contributed by atoms with E-state index in [-0.39, 0.29) is 22.1 Å². The second-order valence-electron chi connectivity index (χ2n) is 4.07. The van der Waals surface area contributed by atoms with E-state index < -0.39 is 10.0 Å². The Morgan fingerprint density at radius 2 is 1.95 bits per heavy atom. The number of carbonyl (C=O) groups excluding carboxylic acids is 1. The van der Waals surface area contributed by atoms with Gasteiger partial charge in [0.05, 0.1) is 11.3 Å². The normalized spacial score (nSPS) is 11.0. The number of rotatable bonds is 4. The molecule has 1 amide bonds. The number of aromatic nitrogens is 1. The van der Waals surface area contributed by atoms with E-state index in [1.54, 1.807) is 12.1 Å². The van der Waals surface area contributed by atoms with E-state index in [1.165, 1.54) is 37.6 Å². The van der Waals surface area contributed by atoms with Gasteiger partial charge in [0, 0.05) is 23.9 Å². The van der Waals surface area contributed by atoms with E-state index in [0.717, 1.165) is 0 Å². The number of hydrogen-bond acceptors (Lipinski definition) is 4. The second-order valence-corrected chi connectivity index (χ2v) is 6.67. The molecule has 0 saturated carbocycles. The average molecular weight is 370 g/mol. The van der Waals surface area contributed by atoms with Crippen molar-refractivity contribution in [1.29, 1.82) is 0 Å². The van der Waals surface area contributed by atoms with E-state index >= 15 is 0 Å². The molecule has 0 spiro atoms. The first-order valence-corrected chi connectivity index (χ1v) is 8.16. The number of sulfonamides is 1. The van der Waals surface area contributed by atoms with E-state index in [9.17, 15) is 13.2 Å². The number of hydrogen-bond donors (Lipinski definition) is 2. The van der Waals surface area contributed by atoms with Gasteiger partial charge in [-0.15, -0.1) is 0 Å². The molecule has 2 aromatic rings. The zero-order valence-corrected chi connectivity index (χ0v) is 13.4. The first-order valence-electron chi connectivity index (χ1n) is 5.88. The molecule has 110 valence electrons. The monoisotopic (exact) mass is 369 g/mol. The Morgan fingerprint density at radius 1 is 1.24 bits per heavy atom. The second kappa shape index (κ2) is 6.23. The summed E-state index contributed by atoms with van der Waals surface area (Å²) in [6, 6.07) is 7.79. The summed E-state index contributed by atoms with van der Waals surface area (Å²) in [5.41, 5.74) is 0.448. The molecule has 0 unspecified atom stereocenters. The first-order chi connectivity index (χ1) is 9.94. The molecule has 2 N–H and O–H groups in total. The van der Waals surface area contributed by atoms with Crippen LogP contribution in [0, 0.1) is 0 Å². The molecule has 1 aromatic carbocycles. The van der Waals surface area contributed by atoms with Crippen molar-refractivity contribution in [2.24, 2.45) is 0 Å². The number of benzene rings is 1. The number of anilines is 1. The van der Waals surface area contributed by atoms with Gasteiger partial charge in [-0.2, -0.15) is 0 Å². The summed E-state index contributed by atoms with van der Waals surface area (Å²) in [6.07, 6.45) is 2.72. The molecule has 0 saturated heterocycles. The molecule has 1 heterocycles. The Labute approximate surface area is 130 Å². The molecule has 0 fully saturated rings. The molecule has 8 heteroatoms. The summed E-state index contributed by atoms with van der Waals surface area (Å²) in [7, 11) is -2.34. The van der Waals surface area contributed by atoms with Crippen molar-refractivity contribution in [3.63, 3.8) is 0 Å². The zero-order chi connectivity index (χ0) is 15.5. The lowest BCUT2D eigenvalue weighted by Gasteiger charge is -2.11. The van der Waals surface area contributed by atoms with Gasteiger partial charge in [-0.05, 0) is 34.1 Å². The van der Waals surface area contributed by atoms with Gasteiger partial charge in [-0.3, -0.25) is 14.5 Å². The molecule has 1 aromatic heterocycles. The third kappa shape index (κ3) is 3.59. The molecule has 6 nitrogen and oxygen atoms in total. The minimum absolute atomic E-state index is 0.00332. The fourth-order valence-corrected chi connectivity index (χ4v) is 3.23. The Kier molecular flexibility index (Phi) is 4.59. The maximum absolute atomic E-state index is 12.3. The van der Waals surface area contributed by atoms with Crippen molar-refractivity contribution in [2.45, 2.75) is 4.90 Å². The summed E-state index contributed by atoms with van der Waals surface area (Å²) in [5.74, 6) is -0.374. The van der Waals surface area contributed by atoms with Crippen LogP contribution in [-0.2, 0) is 10.0 Å². The highest BCUT2D eigenvalue weighted by molar-refractivity contribution is 9.10. The molecule has 2 rings (SSSR count). The van der Waals surface area contributed by atoms with E-state index in [1.807, 2.05) is 0 Å². The molecular formula is C13H12BrN3O3S. The van der Waals surface area contributed by atoms with Crippen LogP contribution in [0.25, 0.3) is 0 Å². The van der Waals surface area contributed by atoms with Crippen LogP contribution < -0.4 is 10.0 Å². The van der Waals surface area contributed by atoms with Crippen LogP contribution in [0.1, 0.15) is 10.4 Å². The topological polar surface area (TPSA) is 88.2 Å². The third-order valence-electron chi connectivity index (χ3n) is 2.63. The van der Waals surface area contributed by atoms with E-state index in [0.29, 0.717) is 4.47 Å². The highest BCUT2D eigenvalue weighted by Crippen LogP contribution is 2.21. The van der Waals surface area contributed by atoms with Gasteiger partial charge in [0.15, 0.2) is 0 Å². The van der Waals surface area contributed by atoms with Crippen LogP contribution in [0.3, 0.4) is 0 Å². The first kappa shape index (κ1) is 15.5. The Morgan fingerprint density at radius 3 is 2.62 bits per heavy atom. The van der Waals surface area contributed by atoms with Crippen molar-refractivity contribution < 1.29 is 13.2 Å². The number of carbonyl (C=O) groups is 1. The number of pyridine rings is 1. The average Bonchev–Trinajstić information content (AvgIpc) is 2.46. The van der Waals surface area contributed by atoms with E-state index in [2.05, 4.69) is 31.0 Å². The number of amides is 1. The van der Waals surface area contributed by atoms with Crippen LogP contribution in [0.4, 0.5) is 5.69 Å². The molecular weight excluding hydrogens is 358 g/mol. The standard InChI is InChI=1S/C13H12BrN3O3S/c1-15-13(18)11-4-2-3-5-12(11)17-21(19,20)10-6-9(14)7-16-8-10/h2-8,17H,1H3,(H,15,18). The molecule has 0 aliphatic rings. The lowest BCUT2D eigenvalue weighted by atomic mass is 10.2. The lowest BCUT2D eigenvalue weighted by Crippen LogP contribution is -2.21. The van der Waals surface area contributed by atoms with Gasteiger partial charge in [0.1, 0.15) is 4.90 Å². The fraction of sp³-hybridized carbons (Fsp3) is 0.0769. The van der Waals surface area contributed by atoms with Crippen LogP contribution in [0.15, 0.2) is 52.1 Å². The minimum Gasteiger partial charge on any atom is -0.355 e. The zero-order valence-electron chi connectivity index (χ0n) is 11.0. The number of para-hydroxylation sites is 1. The van der Waals surface area contributed by atoms with Gasteiger partial charge >= 0.3 is 0 Å². The molecule has 0 atom stereocenters. The van der Waals surface area contributed by atoms with Crippen LogP contribution >= 0.6 is 15.9 Å². The summed E-state index contributed by atoms with van der Waals surface area (Å²) in [5, 5.41) is 2.46. The van der Waals surface area contributed by atoms with Crippen molar-refractivity contribution in [3.8, 4) is 0 Å². The number of nitrogens with zero attached hydrogens (tertiary/aromatic N) is 1. The number of nitrogens with one attached hydrogen (secondary N) is 2. The predicted molar refractivity (Wildman–Crippen MR) is 82.6 cm³/mol. The largest absolute Gasteiger partial charge is 0.355 e. The summed E-state index contributed by atoms with van der Waals surface area (Å²) in [6.45, 7) is 0. The number of halogens is 1. The maximum Gasteiger partial charge on any atom is 0.263 e. The lowest BCUT2D eigenvalue weighted by molar-refractivity contribution is 0.0964. The molecule has 0 bridgehead atoms. The molecule has 0 aliphatic heterocycles. The molecule has 0 radical (unpaired) electrons. The SMILES string of the molecule is CNC(=O)c1ccccc1NS(=O)(=O)c1cncc(Br)c1. The predicted octanol–water partition coefficient (Wildman–Crippen LogP) is 2.00. The Bertz CT molecular complexity index is 778. The van der Waals surface area contributed by atoms with Crippen molar-refractivity contribution in [3.05, 3.63) is 52.8 Å². The quantitative estimate of drug-likeness (QED) is 0.862. The van der Waals surface area contributed by atoms with Gasteiger partial charge in [0.25, 0.3) is 15.9 Å². The highest BCUT2D eigenvalue weighted by atomic mass is 79.9. The van der Waals surface area contributed by atoms with Crippen molar-refractivity contribution >= 4 is 37.5 Å². The fourth-order valence-electron chi connectivity index (χ4n) is 1.65. The smallest absolute Gasteiger partial charge is 0.263 e. The molecule has 0 aliphatic carbocycles. The van der Waals surface area contributed by atoms with Gasteiger partial charge in [-0.25, -0.2) is 8.42 Å². The maximum atomic E-state index is 12.3. The summed E-state index contributed by atoms with van der Waals surface area (Å²) in [4.78, 5) is 15.6. The van der Waals surface area contributed by atoms with Crippen LogP contribution in [0.2, 0.25) is 0 Å². The Hall–Kier alpha value is -1.93. The summed E-state index contributed by atoms with van der Waals surface area (Å²) >= 11 is 3.17. The van der Waals surface area contributed by atoms with Crippen molar-refractivity contribution in [2.75, 3.05) is 11.8 Å². The highest BCUT2D eigenvalue weighted by Gasteiger charge is 2.18. The minimum atomic E-state index is -3.82. The van der Waals surface area contributed by atoms with Gasteiger partial charge in [-0.1, -0.05) is 12.1 Å². The van der Waals surface area contributed by atoms with Crippen LogP contribution in [-0.4, -0.2) is 26.4 Å². The van der Waals surface area contributed by atoms with E-state index in [4.69, 9.17) is 0 Å².